The molecule has 0 amide bonds. The van der Waals surface area contributed by atoms with Crippen LogP contribution in [0.15, 0.2) is 60.8 Å². The molecule has 6 heteroatoms. The van der Waals surface area contributed by atoms with E-state index in [4.69, 9.17) is 14.2 Å². The SMILES string of the molecule is CCC/C=C\C/C=C\CCCCCCCC(=O)OCC(COC(=O)CCCCCCCCCCCCCCCCCCCCCCC/C=C\CCCCCCCCCC)OC(=O)CCCCCCC/C=C\C/C=C\CCCCCC. The van der Waals surface area contributed by atoms with Gasteiger partial charge in [-0.15, -0.1) is 0 Å². The van der Waals surface area contributed by atoms with Crippen molar-refractivity contribution in [1.82, 2.24) is 0 Å². The molecule has 0 aliphatic carbocycles. The Bertz CT molecular complexity index is 1430. The summed E-state index contributed by atoms with van der Waals surface area (Å²) in [7, 11) is 0. The van der Waals surface area contributed by atoms with Gasteiger partial charge in [0.1, 0.15) is 13.2 Å². The number of hydrogen-bond donors (Lipinski definition) is 0. The molecule has 0 rings (SSSR count). The van der Waals surface area contributed by atoms with Crippen molar-refractivity contribution in [2.45, 2.75) is 380 Å². The largest absolute Gasteiger partial charge is 0.462 e. The number of allylic oxidation sites excluding steroid dienone is 10. The van der Waals surface area contributed by atoms with Gasteiger partial charge in [-0.3, -0.25) is 14.4 Å². The normalized spacial score (nSPS) is 12.4. The van der Waals surface area contributed by atoms with Crippen molar-refractivity contribution >= 4 is 17.9 Å². The first-order chi connectivity index (χ1) is 39.5. The maximum Gasteiger partial charge on any atom is 0.306 e. The molecule has 0 aromatic carbocycles. The first kappa shape index (κ1) is 77.1. The summed E-state index contributed by atoms with van der Waals surface area (Å²) < 4.78 is 16.9. The van der Waals surface area contributed by atoms with Crippen LogP contribution >= 0.6 is 0 Å². The van der Waals surface area contributed by atoms with Gasteiger partial charge >= 0.3 is 17.9 Å². The van der Waals surface area contributed by atoms with E-state index in [1.54, 1.807) is 0 Å². The van der Waals surface area contributed by atoms with Crippen LogP contribution in [0.4, 0.5) is 0 Å². The number of carbonyl (C=O) groups excluding carboxylic acids is 3. The molecular formula is C74H134O6. The molecule has 0 radical (unpaired) electrons. The van der Waals surface area contributed by atoms with E-state index < -0.39 is 6.10 Å². The third-order valence-electron chi connectivity index (χ3n) is 15.7. The summed E-state index contributed by atoms with van der Waals surface area (Å²) >= 11 is 0. The van der Waals surface area contributed by atoms with Crippen LogP contribution in [0.2, 0.25) is 0 Å². The highest BCUT2D eigenvalue weighted by Gasteiger charge is 2.19. The van der Waals surface area contributed by atoms with Crippen LogP contribution in [0.3, 0.4) is 0 Å². The smallest absolute Gasteiger partial charge is 0.306 e. The molecule has 0 aliphatic heterocycles. The third-order valence-corrected chi connectivity index (χ3v) is 15.7. The van der Waals surface area contributed by atoms with Gasteiger partial charge in [-0.2, -0.15) is 0 Å². The van der Waals surface area contributed by atoms with Gasteiger partial charge < -0.3 is 14.2 Å². The first-order valence-corrected chi connectivity index (χ1v) is 35.3. The van der Waals surface area contributed by atoms with Gasteiger partial charge in [0.15, 0.2) is 6.10 Å². The van der Waals surface area contributed by atoms with E-state index in [-0.39, 0.29) is 31.1 Å². The maximum atomic E-state index is 12.9. The van der Waals surface area contributed by atoms with Crippen LogP contribution in [0.1, 0.15) is 374 Å². The van der Waals surface area contributed by atoms with Crippen molar-refractivity contribution < 1.29 is 28.6 Å². The zero-order chi connectivity index (χ0) is 57.8. The summed E-state index contributed by atoms with van der Waals surface area (Å²) in [6, 6.07) is 0. The fourth-order valence-electron chi connectivity index (χ4n) is 10.4. The summed E-state index contributed by atoms with van der Waals surface area (Å²) in [5.41, 5.74) is 0. The van der Waals surface area contributed by atoms with Crippen molar-refractivity contribution in [1.29, 1.82) is 0 Å². The van der Waals surface area contributed by atoms with Gasteiger partial charge in [-0.25, -0.2) is 0 Å². The predicted octanol–water partition coefficient (Wildman–Crippen LogP) is 24.3. The molecule has 0 aliphatic rings. The highest BCUT2D eigenvalue weighted by molar-refractivity contribution is 5.71. The van der Waals surface area contributed by atoms with Crippen molar-refractivity contribution in [3.8, 4) is 0 Å². The van der Waals surface area contributed by atoms with Gasteiger partial charge in [0, 0.05) is 19.3 Å². The molecule has 0 aromatic rings. The van der Waals surface area contributed by atoms with Crippen LogP contribution in [-0.4, -0.2) is 37.2 Å². The second kappa shape index (κ2) is 68.6. The Balaban J connectivity index is 4.12. The average Bonchev–Trinajstić information content (AvgIpc) is 3.46. The lowest BCUT2D eigenvalue weighted by Gasteiger charge is -2.18. The summed E-state index contributed by atoms with van der Waals surface area (Å²) in [4.78, 5) is 38.3. The molecule has 0 heterocycles. The zero-order valence-corrected chi connectivity index (χ0v) is 53.6. The van der Waals surface area contributed by atoms with E-state index in [1.807, 2.05) is 0 Å². The molecule has 0 aromatic heterocycles. The van der Waals surface area contributed by atoms with Gasteiger partial charge in [0.05, 0.1) is 0 Å². The minimum atomic E-state index is -0.787. The number of hydrogen-bond acceptors (Lipinski definition) is 6. The Labute approximate surface area is 498 Å². The third kappa shape index (κ3) is 65.9. The number of esters is 3. The van der Waals surface area contributed by atoms with Crippen LogP contribution in [0.25, 0.3) is 0 Å². The van der Waals surface area contributed by atoms with Crippen molar-refractivity contribution in [2.75, 3.05) is 13.2 Å². The van der Waals surface area contributed by atoms with E-state index in [0.29, 0.717) is 19.3 Å². The van der Waals surface area contributed by atoms with Gasteiger partial charge in [0.25, 0.3) is 0 Å². The summed E-state index contributed by atoms with van der Waals surface area (Å²) in [5.74, 6) is -0.891. The molecule has 1 unspecified atom stereocenters. The monoisotopic (exact) mass is 1120 g/mol. The molecule has 6 nitrogen and oxygen atoms in total. The van der Waals surface area contributed by atoms with Crippen LogP contribution < -0.4 is 0 Å². The molecule has 0 bridgehead atoms. The van der Waals surface area contributed by atoms with Crippen LogP contribution in [0, 0.1) is 0 Å². The van der Waals surface area contributed by atoms with E-state index >= 15 is 0 Å². The lowest BCUT2D eigenvalue weighted by atomic mass is 10.0. The molecule has 0 N–H and O–H groups in total. The van der Waals surface area contributed by atoms with Crippen molar-refractivity contribution in [3.63, 3.8) is 0 Å². The average molecular weight is 1120 g/mol. The molecule has 0 fully saturated rings. The molecule has 0 saturated heterocycles. The molecule has 80 heavy (non-hydrogen) atoms. The van der Waals surface area contributed by atoms with E-state index in [0.717, 1.165) is 109 Å². The van der Waals surface area contributed by atoms with E-state index in [2.05, 4.69) is 81.5 Å². The lowest BCUT2D eigenvalue weighted by molar-refractivity contribution is -0.167. The van der Waals surface area contributed by atoms with Gasteiger partial charge in [0.2, 0.25) is 0 Å². The molecule has 0 spiro atoms. The maximum absolute atomic E-state index is 12.9. The summed E-state index contributed by atoms with van der Waals surface area (Å²) in [6.07, 6.45) is 88.4. The Morgan fingerprint density at radius 2 is 0.475 bits per heavy atom. The standard InChI is InChI=1S/C74H134O6/c1-4-7-10-13-16-19-22-25-27-29-30-31-32-33-34-35-36-37-38-39-40-41-42-43-44-45-47-49-52-55-58-61-64-67-73(76)79-70-71(69-78-72(75)66-63-60-57-54-51-48-24-21-18-15-12-9-6-3)80-74(77)68-65-62-59-56-53-50-46-28-26-23-20-17-14-11-8-5-2/h12,15,20-21,23-24,28-30,46,71H,4-11,13-14,16-19,22,25-27,31-45,47-70H2,1-3H3/b15-12-,23-20-,24-21-,30-29-,46-28-. The number of carbonyl (C=O) groups is 3. The quantitative estimate of drug-likeness (QED) is 0.0261. The van der Waals surface area contributed by atoms with Crippen molar-refractivity contribution in [3.05, 3.63) is 60.8 Å². The topological polar surface area (TPSA) is 78.9 Å². The van der Waals surface area contributed by atoms with Gasteiger partial charge in [-0.1, -0.05) is 313 Å². The van der Waals surface area contributed by atoms with E-state index in [1.165, 1.54) is 225 Å². The Morgan fingerprint density at radius 3 is 0.762 bits per heavy atom. The molecule has 0 saturated carbocycles. The highest BCUT2D eigenvalue weighted by Crippen LogP contribution is 2.18. The summed E-state index contributed by atoms with van der Waals surface area (Å²) in [6.45, 7) is 6.58. The minimum Gasteiger partial charge on any atom is -0.462 e. The minimum absolute atomic E-state index is 0.0814. The van der Waals surface area contributed by atoms with Crippen LogP contribution in [-0.2, 0) is 28.6 Å². The Kier molecular flexibility index (Phi) is 66.1. The number of unbranched alkanes of at least 4 members (excludes halogenated alkanes) is 44. The van der Waals surface area contributed by atoms with Crippen molar-refractivity contribution in [2.24, 2.45) is 0 Å². The molecule has 466 valence electrons. The first-order valence-electron chi connectivity index (χ1n) is 35.3. The number of ether oxygens (including phenoxy) is 3. The predicted molar refractivity (Wildman–Crippen MR) is 348 cm³/mol. The molecule has 1 atom stereocenters. The molecular weight excluding hydrogens is 985 g/mol. The van der Waals surface area contributed by atoms with E-state index in [9.17, 15) is 14.4 Å². The fraction of sp³-hybridized carbons (Fsp3) is 0.824. The summed E-state index contributed by atoms with van der Waals surface area (Å²) in [5, 5.41) is 0. The van der Waals surface area contributed by atoms with Crippen LogP contribution in [0.5, 0.6) is 0 Å². The second-order valence-corrected chi connectivity index (χ2v) is 23.8. The number of rotatable bonds is 65. The second-order valence-electron chi connectivity index (χ2n) is 23.8. The van der Waals surface area contributed by atoms with Gasteiger partial charge in [-0.05, 0) is 103 Å². The Morgan fingerprint density at radius 1 is 0.250 bits per heavy atom. The lowest BCUT2D eigenvalue weighted by Crippen LogP contribution is -2.30. The zero-order valence-electron chi connectivity index (χ0n) is 53.6. The highest BCUT2D eigenvalue weighted by atomic mass is 16.6. The Hall–Kier alpha value is -2.89. The fourth-order valence-corrected chi connectivity index (χ4v) is 10.4.